The molecule has 0 aliphatic heterocycles. The van der Waals surface area contributed by atoms with Crippen LogP contribution in [0.15, 0.2) is 42.5 Å². The van der Waals surface area contributed by atoms with Gasteiger partial charge < -0.3 is 15.0 Å². The number of nitrogens with zero attached hydrogens (tertiary/aromatic N) is 1. The van der Waals surface area contributed by atoms with E-state index in [1.54, 1.807) is 25.3 Å². The number of ether oxygens (including phenoxy) is 1. The van der Waals surface area contributed by atoms with Crippen LogP contribution >= 0.6 is 23.2 Å². The normalized spacial score (nSPS) is 10.7. The zero-order chi connectivity index (χ0) is 17.5. The van der Waals surface area contributed by atoms with Crippen molar-refractivity contribution in [2.75, 3.05) is 26.0 Å². The number of anilines is 1. The van der Waals surface area contributed by atoms with E-state index in [1.165, 1.54) is 0 Å². The standard InChI is InChI=1S/C18H20Cl2N2O2/c1-22(12-13-4-3-5-15(10-13)24-2)9-8-18(23)21-17-11-14(19)6-7-16(17)20/h3-7,10-11H,8-9,12H2,1-2H3,(H,21,23). The van der Waals surface area contributed by atoms with Crippen molar-refractivity contribution in [2.24, 2.45) is 0 Å². The molecule has 0 unspecified atom stereocenters. The Morgan fingerprint density at radius 3 is 2.75 bits per heavy atom. The predicted octanol–water partition coefficient (Wildman–Crippen LogP) is 4.46. The molecule has 6 heteroatoms. The van der Waals surface area contributed by atoms with E-state index in [9.17, 15) is 4.79 Å². The van der Waals surface area contributed by atoms with Crippen LogP contribution in [0.25, 0.3) is 0 Å². The predicted molar refractivity (Wildman–Crippen MR) is 99.0 cm³/mol. The Kier molecular flexibility index (Phi) is 6.91. The van der Waals surface area contributed by atoms with Gasteiger partial charge in [0.25, 0.3) is 0 Å². The summed E-state index contributed by atoms with van der Waals surface area (Å²) < 4.78 is 5.22. The largest absolute Gasteiger partial charge is 0.497 e. The highest BCUT2D eigenvalue weighted by molar-refractivity contribution is 6.35. The van der Waals surface area contributed by atoms with Gasteiger partial charge in [-0.05, 0) is 42.9 Å². The van der Waals surface area contributed by atoms with Gasteiger partial charge in [0, 0.05) is 24.5 Å². The monoisotopic (exact) mass is 366 g/mol. The number of benzene rings is 2. The minimum absolute atomic E-state index is 0.100. The third kappa shape index (κ3) is 5.71. The second-order valence-corrected chi connectivity index (χ2v) is 6.36. The summed E-state index contributed by atoms with van der Waals surface area (Å²) in [6, 6.07) is 12.9. The molecule has 2 aromatic rings. The maximum absolute atomic E-state index is 12.1. The summed E-state index contributed by atoms with van der Waals surface area (Å²) in [6.45, 7) is 1.36. The van der Waals surface area contributed by atoms with Crippen molar-refractivity contribution in [3.05, 3.63) is 58.1 Å². The first-order valence-corrected chi connectivity index (χ1v) is 8.30. The molecule has 128 valence electrons. The molecular weight excluding hydrogens is 347 g/mol. The molecule has 0 fully saturated rings. The van der Waals surface area contributed by atoms with Crippen molar-refractivity contribution in [1.82, 2.24) is 4.90 Å². The van der Waals surface area contributed by atoms with Crippen LogP contribution in [0.5, 0.6) is 5.75 Å². The van der Waals surface area contributed by atoms with Gasteiger partial charge >= 0.3 is 0 Å². The summed E-state index contributed by atoms with van der Waals surface area (Å²) in [4.78, 5) is 14.2. The summed E-state index contributed by atoms with van der Waals surface area (Å²) in [6.07, 6.45) is 0.364. The van der Waals surface area contributed by atoms with Crippen molar-refractivity contribution < 1.29 is 9.53 Å². The van der Waals surface area contributed by atoms with Gasteiger partial charge in [0.15, 0.2) is 0 Å². The first-order chi connectivity index (χ1) is 11.5. The van der Waals surface area contributed by atoms with Crippen LogP contribution < -0.4 is 10.1 Å². The molecule has 0 atom stereocenters. The molecule has 0 radical (unpaired) electrons. The Bertz CT molecular complexity index is 707. The lowest BCUT2D eigenvalue weighted by molar-refractivity contribution is -0.116. The van der Waals surface area contributed by atoms with Crippen molar-refractivity contribution in [2.45, 2.75) is 13.0 Å². The molecule has 0 aromatic heterocycles. The third-order valence-corrected chi connectivity index (χ3v) is 4.07. The third-order valence-electron chi connectivity index (χ3n) is 3.51. The van der Waals surface area contributed by atoms with Crippen LogP contribution in [0.1, 0.15) is 12.0 Å². The van der Waals surface area contributed by atoms with Gasteiger partial charge in [-0.15, -0.1) is 0 Å². The molecule has 0 bridgehead atoms. The quantitative estimate of drug-likeness (QED) is 0.786. The maximum atomic E-state index is 12.1. The summed E-state index contributed by atoms with van der Waals surface area (Å²) in [7, 11) is 3.62. The first-order valence-electron chi connectivity index (χ1n) is 7.54. The summed E-state index contributed by atoms with van der Waals surface area (Å²) >= 11 is 12.0. The van der Waals surface area contributed by atoms with Gasteiger partial charge in [-0.3, -0.25) is 4.79 Å². The van der Waals surface area contributed by atoms with Crippen LogP contribution in [-0.4, -0.2) is 31.5 Å². The topological polar surface area (TPSA) is 41.6 Å². The lowest BCUT2D eigenvalue weighted by atomic mass is 10.2. The molecule has 4 nitrogen and oxygen atoms in total. The lowest BCUT2D eigenvalue weighted by Gasteiger charge is -2.17. The molecule has 24 heavy (non-hydrogen) atoms. The zero-order valence-corrected chi connectivity index (χ0v) is 15.2. The van der Waals surface area contributed by atoms with Gasteiger partial charge in [0.05, 0.1) is 17.8 Å². The second-order valence-electron chi connectivity index (χ2n) is 5.51. The minimum atomic E-state index is -0.100. The second kappa shape index (κ2) is 8.92. The molecule has 0 heterocycles. The molecule has 0 aliphatic rings. The van der Waals surface area contributed by atoms with Crippen LogP contribution in [0.2, 0.25) is 10.0 Å². The number of nitrogens with one attached hydrogen (secondary N) is 1. The van der Waals surface area contributed by atoms with Gasteiger partial charge in [0.1, 0.15) is 5.75 Å². The van der Waals surface area contributed by atoms with Gasteiger partial charge in [-0.1, -0.05) is 35.3 Å². The Morgan fingerprint density at radius 2 is 2.00 bits per heavy atom. The fourth-order valence-electron chi connectivity index (χ4n) is 2.26. The van der Waals surface area contributed by atoms with E-state index >= 15 is 0 Å². The number of carbonyl (C=O) groups excluding carboxylic acids is 1. The number of carbonyl (C=O) groups is 1. The van der Waals surface area contributed by atoms with Gasteiger partial charge in [0.2, 0.25) is 5.91 Å². The van der Waals surface area contributed by atoms with Crippen molar-refractivity contribution in [1.29, 1.82) is 0 Å². The molecule has 0 aliphatic carbocycles. The van der Waals surface area contributed by atoms with Crippen molar-refractivity contribution in [3.63, 3.8) is 0 Å². The lowest BCUT2D eigenvalue weighted by Crippen LogP contribution is -2.24. The summed E-state index contributed by atoms with van der Waals surface area (Å²) in [5, 5.41) is 3.79. The fraction of sp³-hybridized carbons (Fsp3) is 0.278. The van der Waals surface area contributed by atoms with Crippen LogP contribution in [0.4, 0.5) is 5.69 Å². The molecule has 1 amide bonds. The van der Waals surface area contributed by atoms with E-state index in [4.69, 9.17) is 27.9 Å². The molecular formula is C18H20Cl2N2O2. The molecule has 2 rings (SSSR count). The van der Waals surface area contributed by atoms with E-state index in [-0.39, 0.29) is 5.91 Å². The maximum Gasteiger partial charge on any atom is 0.225 e. The van der Waals surface area contributed by atoms with E-state index in [2.05, 4.69) is 10.2 Å². The molecule has 1 N–H and O–H groups in total. The Morgan fingerprint density at radius 1 is 1.21 bits per heavy atom. The van der Waals surface area contributed by atoms with Crippen molar-refractivity contribution in [3.8, 4) is 5.75 Å². The number of halogens is 2. The number of hydrogen-bond acceptors (Lipinski definition) is 3. The number of rotatable bonds is 7. The van der Waals surface area contributed by atoms with Crippen LogP contribution in [0, 0.1) is 0 Å². The number of amides is 1. The Hall–Kier alpha value is -1.75. The fourth-order valence-corrected chi connectivity index (χ4v) is 2.60. The number of hydrogen-bond donors (Lipinski definition) is 1. The van der Waals surface area contributed by atoms with Gasteiger partial charge in [-0.2, -0.15) is 0 Å². The van der Waals surface area contributed by atoms with Crippen LogP contribution in [0.3, 0.4) is 0 Å². The SMILES string of the molecule is COc1cccc(CN(C)CCC(=O)Nc2cc(Cl)ccc2Cl)c1. The van der Waals surface area contributed by atoms with Gasteiger partial charge in [-0.25, -0.2) is 0 Å². The van der Waals surface area contributed by atoms with E-state index in [0.29, 0.717) is 28.7 Å². The van der Waals surface area contributed by atoms with E-state index in [1.807, 2.05) is 31.3 Å². The molecule has 0 spiro atoms. The highest BCUT2D eigenvalue weighted by atomic mass is 35.5. The average molecular weight is 367 g/mol. The molecule has 0 saturated carbocycles. The van der Waals surface area contributed by atoms with Crippen molar-refractivity contribution >= 4 is 34.8 Å². The average Bonchev–Trinajstić information content (AvgIpc) is 2.56. The van der Waals surface area contributed by atoms with E-state index < -0.39 is 0 Å². The number of methoxy groups -OCH3 is 1. The first kappa shape index (κ1) is 18.6. The Balaban J connectivity index is 1.83. The van der Waals surface area contributed by atoms with E-state index in [0.717, 1.165) is 17.9 Å². The molecule has 0 saturated heterocycles. The zero-order valence-electron chi connectivity index (χ0n) is 13.7. The summed E-state index contributed by atoms with van der Waals surface area (Å²) in [5.41, 5.74) is 1.67. The minimum Gasteiger partial charge on any atom is -0.497 e. The Labute approximate surface area is 152 Å². The van der Waals surface area contributed by atoms with Crippen LogP contribution in [-0.2, 0) is 11.3 Å². The highest BCUT2D eigenvalue weighted by Crippen LogP contribution is 2.25. The highest BCUT2D eigenvalue weighted by Gasteiger charge is 2.09. The molecule has 2 aromatic carbocycles. The summed E-state index contributed by atoms with van der Waals surface area (Å²) in [5.74, 6) is 0.728. The smallest absolute Gasteiger partial charge is 0.225 e.